The first kappa shape index (κ1) is 20.2. The number of para-hydroxylation sites is 1. The van der Waals surface area contributed by atoms with Gasteiger partial charge in [0.2, 0.25) is 5.91 Å². The molecule has 0 saturated carbocycles. The minimum Gasteiger partial charge on any atom is -0.349 e. The van der Waals surface area contributed by atoms with Crippen molar-refractivity contribution in [2.45, 2.75) is 39.4 Å². The average molecular weight is 421 g/mol. The van der Waals surface area contributed by atoms with E-state index in [1.165, 1.54) is 17.3 Å². The van der Waals surface area contributed by atoms with Crippen LogP contribution in [0.5, 0.6) is 0 Å². The second-order valence-corrected chi connectivity index (χ2v) is 8.39. The smallest absolute Gasteiger partial charge is 0.278 e. The van der Waals surface area contributed by atoms with Crippen molar-refractivity contribution in [2.75, 3.05) is 11.1 Å². The van der Waals surface area contributed by atoms with Gasteiger partial charge in [0.15, 0.2) is 5.16 Å². The summed E-state index contributed by atoms with van der Waals surface area (Å²) in [7, 11) is 0. The van der Waals surface area contributed by atoms with Gasteiger partial charge >= 0.3 is 0 Å². The summed E-state index contributed by atoms with van der Waals surface area (Å²) in [6, 6.07) is 11.8. The monoisotopic (exact) mass is 420 g/mol. The zero-order valence-corrected chi connectivity index (χ0v) is 18.3. The third-order valence-corrected chi connectivity index (χ3v) is 6.14. The number of carbonyl (C=O) groups is 1. The van der Waals surface area contributed by atoms with E-state index in [1.54, 1.807) is 4.57 Å². The molecular weight excluding hydrogens is 396 g/mol. The maximum absolute atomic E-state index is 13.0. The highest BCUT2D eigenvalue weighted by molar-refractivity contribution is 7.99. The molecular formula is C23H24N4O2S. The van der Waals surface area contributed by atoms with E-state index in [4.69, 9.17) is 4.98 Å². The predicted octanol–water partition coefficient (Wildman–Crippen LogP) is 4.55. The molecule has 0 bridgehead atoms. The van der Waals surface area contributed by atoms with Gasteiger partial charge in [-0.25, -0.2) is 4.98 Å². The van der Waals surface area contributed by atoms with Gasteiger partial charge in [-0.3, -0.25) is 14.2 Å². The van der Waals surface area contributed by atoms with Gasteiger partial charge < -0.3 is 10.3 Å². The lowest BCUT2D eigenvalue weighted by molar-refractivity contribution is -0.113. The molecule has 4 rings (SSSR count). The number of amides is 1. The summed E-state index contributed by atoms with van der Waals surface area (Å²) in [4.78, 5) is 33.5. The number of nitrogens with one attached hydrogen (secondary N) is 2. The topological polar surface area (TPSA) is 79.8 Å². The molecule has 0 unspecified atom stereocenters. The first-order valence-electron chi connectivity index (χ1n) is 9.90. The van der Waals surface area contributed by atoms with Crippen LogP contribution < -0.4 is 10.9 Å². The number of aromatic nitrogens is 3. The van der Waals surface area contributed by atoms with Crippen molar-refractivity contribution < 1.29 is 4.79 Å². The van der Waals surface area contributed by atoms with Gasteiger partial charge in [-0.15, -0.1) is 0 Å². The van der Waals surface area contributed by atoms with E-state index in [0.717, 1.165) is 27.7 Å². The third kappa shape index (κ3) is 3.61. The number of nitrogens with zero attached hydrogens (tertiary/aromatic N) is 2. The first-order valence-corrected chi connectivity index (χ1v) is 10.9. The van der Waals surface area contributed by atoms with Crippen LogP contribution in [0.3, 0.4) is 0 Å². The Balaban J connectivity index is 1.63. The van der Waals surface area contributed by atoms with Crippen molar-refractivity contribution in [3.05, 3.63) is 63.4 Å². The molecule has 2 N–H and O–H groups in total. The Bertz CT molecular complexity index is 1310. The summed E-state index contributed by atoms with van der Waals surface area (Å²) < 4.78 is 1.61. The number of rotatable bonds is 5. The largest absolute Gasteiger partial charge is 0.349 e. The number of aryl methyl sites for hydroxylation is 3. The Morgan fingerprint density at radius 3 is 2.57 bits per heavy atom. The Morgan fingerprint density at radius 2 is 1.87 bits per heavy atom. The molecule has 154 valence electrons. The van der Waals surface area contributed by atoms with E-state index in [9.17, 15) is 9.59 Å². The van der Waals surface area contributed by atoms with E-state index in [1.807, 2.05) is 52.0 Å². The molecule has 4 aromatic rings. The molecule has 2 heterocycles. The molecule has 0 saturated heterocycles. The second-order valence-electron chi connectivity index (χ2n) is 7.45. The zero-order chi connectivity index (χ0) is 21.4. The number of thioether (sulfide) groups is 1. The standard InChI is InChI=1S/C23H24N4O2S/c1-5-27-22(29)21-20(16-8-6-7-9-17(16)24-21)26-23(27)30-12-18(28)25-19-14(3)10-13(2)11-15(19)4/h6-11,24H,5,12H2,1-4H3,(H,25,28). The molecule has 0 fully saturated rings. The van der Waals surface area contributed by atoms with Crippen molar-refractivity contribution >= 4 is 45.3 Å². The molecule has 2 aromatic heterocycles. The van der Waals surface area contributed by atoms with E-state index in [2.05, 4.69) is 22.4 Å². The molecule has 0 aliphatic heterocycles. The molecule has 6 nitrogen and oxygen atoms in total. The molecule has 0 atom stereocenters. The number of benzene rings is 2. The van der Waals surface area contributed by atoms with E-state index >= 15 is 0 Å². The van der Waals surface area contributed by atoms with E-state index < -0.39 is 0 Å². The number of hydrogen-bond acceptors (Lipinski definition) is 4. The number of carbonyl (C=O) groups excluding carboxylic acids is 1. The van der Waals surface area contributed by atoms with Crippen LogP contribution in [0, 0.1) is 20.8 Å². The van der Waals surface area contributed by atoms with E-state index in [-0.39, 0.29) is 17.2 Å². The van der Waals surface area contributed by atoms with Gasteiger partial charge in [0, 0.05) is 23.1 Å². The number of fused-ring (bicyclic) bond motifs is 3. The van der Waals surface area contributed by atoms with Crippen LogP contribution in [0.15, 0.2) is 46.3 Å². The van der Waals surface area contributed by atoms with Gasteiger partial charge in [0.05, 0.1) is 5.75 Å². The summed E-state index contributed by atoms with van der Waals surface area (Å²) in [5.74, 6) is 0.0542. The SMILES string of the molecule is CCn1c(SCC(=O)Nc2c(C)cc(C)cc2C)nc2c([nH]c3ccccc32)c1=O. The van der Waals surface area contributed by atoms with E-state index in [0.29, 0.717) is 22.7 Å². The van der Waals surface area contributed by atoms with Gasteiger partial charge in [-0.1, -0.05) is 47.7 Å². The number of hydrogen-bond donors (Lipinski definition) is 2. The minimum atomic E-state index is -0.119. The number of anilines is 1. The molecule has 30 heavy (non-hydrogen) atoms. The van der Waals surface area contributed by atoms with Crippen molar-refractivity contribution in [3.63, 3.8) is 0 Å². The number of H-pyrrole nitrogens is 1. The normalized spacial score (nSPS) is 11.3. The summed E-state index contributed by atoms with van der Waals surface area (Å²) in [6.45, 7) is 8.41. The Hall–Kier alpha value is -3.06. The molecule has 0 radical (unpaired) electrons. The highest BCUT2D eigenvalue weighted by Crippen LogP contribution is 2.26. The van der Waals surface area contributed by atoms with Crippen LogP contribution in [-0.2, 0) is 11.3 Å². The van der Waals surface area contributed by atoms with Crippen LogP contribution in [0.25, 0.3) is 21.9 Å². The molecule has 0 spiro atoms. The fraction of sp³-hybridized carbons (Fsp3) is 0.261. The maximum atomic E-state index is 13.0. The van der Waals surface area contributed by atoms with Gasteiger partial charge in [-0.2, -0.15) is 0 Å². The van der Waals surface area contributed by atoms with Gasteiger partial charge in [0.1, 0.15) is 11.0 Å². The number of aromatic amines is 1. The predicted molar refractivity (Wildman–Crippen MR) is 124 cm³/mol. The molecule has 0 aliphatic rings. The Labute approximate surface area is 178 Å². The Kier molecular flexibility index (Phi) is 5.39. The molecule has 1 amide bonds. The summed E-state index contributed by atoms with van der Waals surface area (Å²) >= 11 is 1.28. The maximum Gasteiger partial charge on any atom is 0.278 e. The van der Waals surface area contributed by atoms with Crippen LogP contribution in [0.2, 0.25) is 0 Å². The lowest BCUT2D eigenvalue weighted by Crippen LogP contribution is -2.23. The van der Waals surface area contributed by atoms with Crippen molar-refractivity contribution in [1.82, 2.24) is 14.5 Å². The highest BCUT2D eigenvalue weighted by Gasteiger charge is 2.16. The highest BCUT2D eigenvalue weighted by atomic mass is 32.2. The lowest BCUT2D eigenvalue weighted by atomic mass is 10.1. The lowest BCUT2D eigenvalue weighted by Gasteiger charge is -2.13. The fourth-order valence-corrected chi connectivity index (χ4v) is 4.70. The van der Waals surface area contributed by atoms with Crippen molar-refractivity contribution in [1.29, 1.82) is 0 Å². The van der Waals surface area contributed by atoms with Crippen LogP contribution in [-0.4, -0.2) is 26.2 Å². The van der Waals surface area contributed by atoms with Gasteiger partial charge in [0.25, 0.3) is 5.56 Å². The fourth-order valence-electron chi connectivity index (χ4n) is 3.85. The van der Waals surface area contributed by atoms with Gasteiger partial charge in [-0.05, 0) is 44.9 Å². The van der Waals surface area contributed by atoms with Crippen molar-refractivity contribution in [3.8, 4) is 0 Å². The quantitative estimate of drug-likeness (QED) is 0.367. The zero-order valence-electron chi connectivity index (χ0n) is 17.5. The third-order valence-electron chi connectivity index (χ3n) is 5.17. The minimum absolute atomic E-state index is 0.119. The van der Waals surface area contributed by atoms with Crippen LogP contribution >= 0.6 is 11.8 Å². The average Bonchev–Trinajstić information content (AvgIpc) is 3.08. The van der Waals surface area contributed by atoms with Crippen LogP contribution in [0.1, 0.15) is 23.6 Å². The summed E-state index contributed by atoms with van der Waals surface area (Å²) in [5.41, 5.74) is 5.99. The molecule has 2 aromatic carbocycles. The summed E-state index contributed by atoms with van der Waals surface area (Å²) in [6.07, 6.45) is 0. The first-order chi connectivity index (χ1) is 14.4. The molecule has 0 aliphatic carbocycles. The summed E-state index contributed by atoms with van der Waals surface area (Å²) in [5, 5.41) is 4.46. The van der Waals surface area contributed by atoms with Crippen molar-refractivity contribution in [2.24, 2.45) is 0 Å². The van der Waals surface area contributed by atoms with Crippen LogP contribution in [0.4, 0.5) is 5.69 Å². The Morgan fingerprint density at radius 1 is 1.17 bits per heavy atom. The second kappa shape index (κ2) is 7.99. The molecule has 7 heteroatoms.